The van der Waals surface area contributed by atoms with Gasteiger partial charge in [0.25, 0.3) is 5.91 Å². The molecule has 1 atom stereocenters. The number of hydrogen-bond donors (Lipinski definition) is 1. The number of thiophene rings is 1. The number of nitrogens with one attached hydrogen (secondary N) is 1. The summed E-state index contributed by atoms with van der Waals surface area (Å²) in [6.45, 7) is 2.02. The van der Waals surface area contributed by atoms with Crippen LogP contribution in [-0.4, -0.2) is 24.0 Å². The first-order chi connectivity index (χ1) is 14.0. The number of esters is 1. The Labute approximate surface area is 181 Å². The fourth-order valence-corrected chi connectivity index (χ4v) is 4.37. The van der Waals surface area contributed by atoms with E-state index in [1.54, 1.807) is 31.2 Å². The normalized spacial score (nSPS) is 11.7. The zero-order chi connectivity index (χ0) is 20.8. The van der Waals surface area contributed by atoms with Crippen LogP contribution in [0.4, 0.5) is 0 Å². The number of aryl methyl sites for hydroxylation is 1. The van der Waals surface area contributed by atoms with E-state index in [0.717, 1.165) is 4.88 Å². The maximum absolute atomic E-state index is 12.8. The number of rotatable bonds is 8. The quantitative estimate of drug-likeness (QED) is 0.500. The van der Waals surface area contributed by atoms with Gasteiger partial charge >= 0.3 is 5.97 Å². The lowest BCUT2D eigenvalue weighted by Crippen LogP contribution is -2.29. The molecular weight excluding hydrogens is 432 g/mol. The van der Waals surface area contributed by atoms with Crippen LogP contribution in [0.2, 0.25) is 5.02 Å². The second kappa shape index (κ2) is 9.87. The summed E-state index contributed by atoms with van der Waals surface area (Å²) >= 11 is 8.61. The molecule has 29 heavy (non-hydrogen) atoms. The highest BCUT2D eigenvalue weighted by molar-refractivity contribution is 7.13. The van der Waals surface area contributed by atoms with Crippen molar-refractivity contribution in [2.75, 3.05) is 7.11 Å². The van der Waals surface area contributed by atoms with Gasteiger partial charge in [-0.25, -0.2) is 4.98 Å². The standard InChI is InChI=1S/C20H19ClN2O4S2/c1-12-19(29-17(22-12)11-27-14-7-5-13(21)6-8-14)20(25)23-15(10-18(24)26-2)16-4-3-9-28-16/h3-9,15H,10-11H2,1-2H3,(H,23,25). The zero-order valence-electron chi connectivity index (χ0n) is 15.8. The number of carbonyl (C=O) groups is 2. The van der Waals surface area contributed by atoms with E-state index in [1.807, 2.05) is 17.5 Å². The number of carbonyl (C=O) groups excluding carboxylic acids is 2. The molecule has 0 bridgehead atoms. The lowest BCUT2D eigenvalue weighted by molar-refractivity contribution is -0.141. The molecule has 0 saturated carbocycles. The Balaban J connectivity index is 1.68. The Morgan fingerprint density at radius 2 is 2.00 bits per heavy atom. The van der Waals surface area contributed by atoms with E-state index in [0.29, 0.717) is 26.4 Å². The summed E-state index contributed by atoms with van der Waals surface area (Å²) in [5, 5.41) is 6.14. The van der Waals surface area contributed by atoms with Crippen molar-refractivity contribution in [2.45, 2.75) is 26.0 Å². The molecule has 0 aliphatic carbocycles. The second-order valence-electron chi connectivity index (χ2n) is 6.09. The number of benzene rings is 1. The van der Waals surface area contributed by atoms with Crippen LogP contribution in [0.25, 0.3) is 0 Å². The molecule has 9 heteroatoms. The van der Waals surface area contributed by atoms with Gasteiger partial charge in [-0.05, 0) is 42.6 Å². The highest BCUT2D eigenvalue weighted by Crippen LogP contribution is 2.25. The third-order valence-electron chi connectivity index (χ3n) is 4.01. The highest BCUT2D eigenvalue weighted by atomic mass is 35.5. The summed E-state index contributed by atoms with van der Waals surface area (Å²) in [5.74, 6) is 0.00548. The summed E-state index contributed by atoms with van der Waals surface area (Å²) < 4.78 is 10.5. The van der Waals surface area contributed by atoms with Crippen LogP contribution in [0.5, 0.6) is 5.75 Å². The molecule has 152 valence electrons. The fourth-order valence-electron chi connectivity index (χ4n) is 2.59. The number of amides is 1. The first-order valence-electron chi connectivity index (χ1n) is 8.72. The number of methoxy groups -OCH3 is 1. The molecule has 1 unspecified atom stereocenters. The largest absolute Gasteiger partial charge is 0.486 e. The minimum atomic E-state index is -0.454. The molecule has 0 aliphatic rings. The van der Waals surface area contributed by atoms with Crippen LogP contribution in [-0.2, 0) is 16.1 Å². The van der Waals surface area contributed by atoms with Gasteiger partial charge in [0.1, 0.15) is 22.2 Å². The van der Waals surface area contributed by atoms with E-state index < -0.39 is 6.04 Å². The molecule has 3 aromatic rings. The number of nitrogens with zero attached hydrogens (tertiary/aromatic N) is 1. The first-order valence-corrected chi connectivity index (χ1v) is 10.8. The van der Waals surface area contributed by atoms with Gasteiger partial charge in [-0.1, -0.05) is 17.7 Å². The summed E-state index contributed by atoms with van der Waals surface area (Å²) in [7, 11) is 1.33. The lowest BCUT2D eigenvalue weighted by atomic mass is 10.1. The molecule has 0 aliphatic heterocycles. The number of thiazole rings is 1. The average molecular weight is 451 g/mol. The van der Waals surface area contributed by atoms with Crippen molar-refractivity contribution in [3.8, 4) is 5.75 Å². The minimum absolute atomic E-state index is 0.0626. The number of ether oxygens (including phenoxy) is 2. The third kappa shape index (κ3) is 5.79. The molecule has 0 radical (unpaired) electrons. The van der Waals surface area contributed by atoms with Crippen molar-refractivity contribution in [1.29, 1.82) is 0 Å². The van der Waals surface area contributed by atoms with Gasteiger partial charge < -0.3 is 14.8 Å². The van der Waals surface area contributed by atoms with Crippen molar-refractivity contribution >= 4 is 46.2 Å². The van der Waals surface area contributed by atoms with Crippen molar-refractivity contribution in [3.05, 3.63) is 67.3 Å². The van der Waals surface area contributed by atoms with E-state index in [-0.39, 0.29) is 24.9 Å². The molecule has 3 rings (SSSR count). The van der Waals surface area contributed by atoms with Gasteiger partial charge in [0, 0.05) is 9.90 Å². The van der Waals surface area contributed by atoms with E-state index >= 15 is 0 Å². The van der Waals surface area contributed by atoms with E-state index in [9.17, 15) is 9.59 Å². The van der Waals surface area contributed by atoms with Gasteiger partial charge in [-0.2, -0.15) is 0 Å². The van der Waals surface area contributed by atoms with E-state index in [4.69, 9.17) is 21.1 Å². The van der Waals surface area contributed by atoms with Gasteiger partial charge in [-0.15, -0.1) is 22.7 Å². The van der Waals surface area contributed by atoms with E-state index in [1.165, 1.54) is 29.8 Å². The van der Waals surface area contributed by atoms with Crippen LogP contribution in [0.3, 0.4) is 0 Å². The van der Waals surface area contributed by atoms with Crippen LogP contribution < -0.4 is 10.1 Å². The Morgan fingerprint density at radius 3 is 2.66 bits per heavy atom. The molecule has 0 spiro atoms. The molecule has 1 amide bonds. The maximum Gasteiger partial charge on any atom is 0.307 e. The van der Waals surface area contributed by atoms with Crippen molar-refractivity contribution in [2.24, 2.45) is 0 Å². The van der Waals surface area contributed by atoms with Crippen molar-refractivity contribution < 1.29 is 19.1 Å². The molecule has 0 fully saturated rings. The van der Waals surface area contributed by atoms with Gasteiger partial charge in [0.2, 0.25) is 0 Å². The molecule has 0 saturated heterocycles. The summed E-state index contributed by atoms with van der Waals surface area (Å²) in [4.78, 5) is 30.4. The first kappa shape index (κ1) is 21.3. The van der Waals surface area contributed by atoms with Gasteiger partial charge in [-0.3, -0.25) is 9.59 Å². The van der Waals surface area contributed by atoms with Gasteiger partial charge in [0.15, 0.2) is 0 Å². The number of aromatic nitrogens is 1. The number of halogens is 1. The topological polar surface area (TPSA) is 77.5 Å². The Bertz CT molecular complexity index is 971. The predicted molar refractivity (Wildman–Crippen MR) is 114 cm³/mol. The Morgan fingerprint density at radius 1 is 1.24 bits per heavy atom. The predicted octanol–water partition coefficient (Wildman–Crippen LogP) is 4.78. The fraction of sp³-hybridized carbons (Fsp3) is 0.250. The third-order valence-corrected chi connectivity index (χ3v) is 6.38. The van der Waals surface area contributed by atoms with Crippen LogP contribution in [0.15, 0.2) is 41.8 Å². The van der Waals surface area contributed by atoms with Crippen molar-refractivity contribution in [3.63, 3.8) is 0 Å². The molecule has 2 aromatic heterocycles. The lowest BCUT2D eigenvalue weighted by Gasteiger charge is -2.16. The monoisotopic (exact) mass is 450 g/mol. The van der Waals surface area contributed by atoms with Gasteiger partial charge in [0.05, 0.1) is 25.3 Å². The number of hydrogen-bond acceptors (Lipinski definition) is 7. The average Bonchev–Trinajstić information content (AvgIpc) is 3.36. The van der Waals surface area contributed by atoms with Crippen molar-refractivity contribution in [1.82, 2.24) is 10.3 Å². The smallest absolute Gasteiger partial charge is 0.307 e. The SMILES string of the molecule is COC(=O)CC(NC(=O)c1sc(COc2ccc(Cl)cc2)nc1C)c1cccs1. The molecule has 1 aromatic carbocycles. The maximum atomic E-state index is 12.8. The molecular formula is C20H19ClN2O4S2. The minimum Gasteiger partial charge on any atom is -0.486 e. The van der Waals surface area contributed by atoms with Crippen LogP contribution >= 0.6 is 34.3 Å². The Kier molecular flexibility index (Phi) is 7.24. The summed E-state index contributed by atoms with van der Waals surface area (Å²) in [6.07, 6.45) is 0.0626. The highest BCUT2D eigenvalue weighted by Gasteiger charge is 2.23. The molecule has 2 heterocycles. The second-order valence-corrected chi connectivity index (χ2v) is 8.59. The molecule has 6 nitrogen and oxygen atoms in total. The van der Waals surface area contributed by atoms with Crippen LogP contribution in [0.1, 0.15) is 37.7 Å². The summed E-state index contributed by atoms with van der Waals surface area (Å²) in [5.41, 5.74) is 0.616. The molecule has 1 N–H and O–H groups in total. The van der Waals surface area contributed by atoms with Crippen LogP contribution in [0, 0.1) is 6.92 Å². The van der Waals surface area contributed by atoms with E-state index in [2.05, 4.69) is 10.3 Å². The zero-order valence-corrected chi connectivity index (χ0v) is 18.2. The Hall–Kier alpha value is -2.42. The summed E-state index contributed by atoms with van der Waals surface area (Å²) in [6, 6.07) is 10.3.